The zero-order valence-corrected chi connectivity index (χ0v) is 19.1. The summed E-state index contributed by atoms with van der Waals surface area (Å²) in [7, 11) is 0. The summed E-state index contributed by atoms with van der Waals surface area (Å²) in [4.78, 5) is 46.8. The Bertz CT molecular complexity index is 1350. The number of amides is 1. The van der Waals surface area contributed by atoms with E-state index < -0.39 is 12.0 Å². The topological polar surface area (TPSA) is 101 Å². The van der Waals surface area contributed by atoms with Crippen molar-refractivity contribution in [2.24, 2.45) is 0 Å². The van der Waals surface area contributed by atoms with Crippen LogP contribution in [0.1, 0.15) is 32.2 Å². The van der Waals surface area contributed by atoms with Gasteiger partial charge in [-0.3, -0.25) is 9.59 Å². The van der Waals surface area contributed by atoms with E-state index in [9.17, 15) is 14.4 Å². The molecule has 4 aromatic rings. The minimum Gasteiger partial charge on any atom is -0.456 e. The van der Waals surface area contributed by atoms with Crippen LogP contribution >= 0.6 is 11.3 Å². The lowest BCUT2D eigenvalue weighted by atomic mass is 10.1. The number of hydrogen-bond donors (Lipinski definition) is 2. The number of H-pyrrole nitrogens is 1. The molecular weight excluding hydrogens is 438 g/mol. The van der Waals surface area contributed by atoms with Crippen molar-refractivity contribution in [1.82, 2.24) is 15.3 Å². The molecule has 0 aliphatic rings. The van der Waals surface area contributed by atoms with Crippen molar-refractivity contribution in [1.29, 1.82) is 0 Å². The van der Waals surface area contributed by atoms with Gasteiger partial charge >= 0.3 is 5.97 Å². The number of benzene rings is 2. The molecule has 1 unspecified atom stereocenters. The molecule has 0 aliphatic carbocycles. The molecule has 33 heavy (non-hydrogen) atoms. The normalized spacial score (nSPS) is 11.8. The predicted octanol–water partition coefficient (Wildman–Crippen LogP) is 3.69. The number of hydrogen-bond acceptors (Lipinski definition) is 6. The number of ether oxygens (including phenoxy) is 1. The van der Waals surface area contributed by atoms with Crippen LogP contribution in [-0.2, 0) is 22.6 Å². The highest BCUT2D eigenvalue weighted by molar-refractivity contribution is 7.18. The largest absolute Gasteiger partial charge is 0.456 e. The number of rotatable bonds is 7. The molecule has 7 nitrogen and oxygen atoms in total. The molecule has 2 heterocycles. The zero-order valence-electron chi connectivity index (χ0n) is 18.3. The number of aryl methyl sites for hydroxylation is 2. The Kier molecular flexibility index (Phi) is 6.65. The summed E-state index contributed by atoms with van der Waals surface area (Å²) in [6.07, 6.45) is 0.268. The summed E-state index contributed by atoms with van der Waals surface area (Å²) in [5.74, 6) is -0.717. The van der Waals surface area contributed by atoms with Crippen LogP contribution in [-0.4, -0.2) is 27.9 Å². The SMILES string of the molecule is Cc1sc2nc(COC(=O)C(Cc3ccccc3)NC(=O)c3ccccc3)[nH]c(=O)c2c1C. The number of nitrogens with zero attached hydrogens (tertiary/aromatic N) is 1. The standard InChI is InChI=1S/C25H23N3O4S/c1-15-16(2)33-24-21(15)23(30)27-20(28-24)14-32-25(31)19(13-17-9-5-3-6-10-17)26-22(29)18-11-7-4-8-12-18/h3-12,19H,13-14H2,1-2H3,(H,26,29)(H,27,28,30). The molecule has 8 heteroatoms. The van der Waals surface area contributed by atoms with Crippen LogP contribution in [0, 0.1) is 13.8 Å². The first-order chi connectivity index (χ1) is 15.9. The lowest BCUT2D eigenvalue weighted by Gasteiger charge is -2.18. The number of carbonyl (C=O) groups is 2. The Hall–Kier alpha value is -3.78. The number of esters is 1. The first-order valence-electron chi connectivity index (χ1n) is 10.5. The van der Waals surface area contributed by atoms with Crippen molar-refractivity contribution in [3.05, 3.63) is 98.4 Å². The second kappa shape index (κ2) is 9.79. The fraction of sp³-hybridized carbons (Fsp3) is 0.200. The van der Waals surface area contributed by atoms with Gasteiger partial charge in [0.1, 0.15) is 23.3 Å². The van der Waals surface area contributed by atoms with Gasteiger partial charge in [0.05, 0.1) is 5.39 Å². The third kappa shape index (κ3) is 5.18. The second-order valence-electron chi connectivity index (χ2n) is 7.67. The monoisotopic (exact) mass is 461 g/mol. The predicted molar refractivity (Wildman–Crippen MR) is 127 cm³/mol. The van der Waals surface area contributed by atoms with Crippen LogP contribution in [0.5, 0.6) is 0 Å². The third-order valence-corrected chi connectivity index (χ3v) is 6.45. The van der Waals surface area contributed by atoms with Gasteiger partial charge in [-0.05, 0) is 37.1 Å². The van der Waals surface area contributed by atoms with Gasteiger partial charge in [0.2, 0.25) is 0 Å². The molecular formula is C25H23N3O4S. The lowest BCUT2D eigenvalue weighted by Crippen LogP contribution is -2.43. The Morgan fingerprint density at radius 1 is 1.06 bits per heavy atom. The molecule has 2 aromatic heterocycles. The van der Waals surface area contributed by atoms with Crippen molar-refractivity contribution in [3.63, 3.8) is 0 Å². The molecule has 2 aromatic carbocycles. The molecule has 0 spiro atoms. The van der Waals surface area contributed by atoms with Gasteiger partial charge in [0, 0.05) is 16.9 Å². The highest BCUT2D eigenvalue weighted by atomic mass is 32.1. The molecule has 0 bridgehead atoms. The summed E-state index contributed by atoms with van der Waals surface area (Å²) in [6, 6.07) is 17.1. The van der Waals surface area contributed by atoms with Gasteiger partial charge in [-0.25, -0.2) is 9.78 Å². The summed E-state index contributed by atoms with van der Waals surface area (Å²) in [6.45, 7) is 3.62. The molecule has 1 amide bonds. The van der Waals surface area contributed by atoms with Gasteiger partial charge in [-0.1, -0.05) is 48.5 Å². The Balaban J connectivity index is 1.51. The summed E-state index contributed by atoms with van der Waals surface area (Å²) in [5.41, 5.74) is 1.97. The van der Waals surface area contributed by atoms with Crippen LogP contribution in [0.25, 0.3) is 10.2 Å². The second-order valence-corrected chi connectivity index (χ2v) is 8.87. The summed E-state index contributed by atoms with van der Waals surface area (Å²) >= 11 is 1.43. The fourth-order valence-corrected chi connectivity index (χ4v) is 4.53. The van der Waals surface area contributed by atoms with Gasteiger partial charge in [0.15, 0.2) is 0 Å². The van der Waals surface area contributed by atoms with E-state index in [0.29, 0.717) is 15.8 Å². The maximum absolute atomic E-state index is 12.9. The zero-order chi connectivity index (χ0) is 23.4. The van der Waals surface area contributed by atoms with Crippen LogP contribution in [0.2, 0.25) is 0 Å². The molecule has 0 aliphatic heterocycles. The first kappa shape index (κ1) is 22.4. The number of nitrogens with one attached hydrogen (secondary N) is 2. The number of thiophene rings is 1. The van der Waals surface area contributed by atoms with E-state index in [0.717, 1.165) is 16.0 Å². The van der Waals surface area contributed by atoms with Crippen molar-refractivity contribution in [2.45, 2.75) is 32.9 Å². The van der Waals surface area contributed by atoms with Crippen LogP contribution in [0.15, 0.2) is 65.5 Å². The number of carbonyl (C=O) groups excluding carboxylic acids is 2. The minimum absolute atomic E-state index is 0.202. The minimum atomic E-state index is -0.901. The molecule has 1 atom stereocenters. The Labute approximate surface area is 194 Å². The maximum Gasteiger partial charge on any atom is 0.329 e. The number of aromatic amines is 1. The average Bonchev–Trinajstić information content (AvgIpc) is 3.11. The van der Waals surface area contributed by atoms with E-state index >= 15 is 0 Å². The van der Waals surface area contributed by atoms with E-state index in [2.05, 4.69) is 15.3 Å². The molecule has 0 saturated heterocycles. The van der Waals surface area contributed by atoms with Crippen LogP contribution in [0.3, 0.4) is 0 Å². The van der Waals surface area contributed by atoms with Crippen molar-refractivity contribution in [2.75, 3.05) is 0 Å². The fourth-order valence-electron chi connectivity index (χ4n) is 3.48. The Morgan fingerprint density at radius 3 is 2.42 bits per heavy atom. The quantitative estimate of drug-likeness (QED) is 0.409. The van der Waals surface area contributed by atoms with Crippen molar-refractivity contribution >= 4 is 33.4 Å². The smallest absolute Gasteiger partial charge is 0.329 e. The van der Waals surface area contributed by atoms with E-state index in [1.807, 2.05) is 50.2 Å². The molecule has 4 rings (SSSR count). The first-order valence-corrected chi connectivity index (χ1v) is 11.3. The lowest BCUT2D eigenvalue weighted by molar-refractivity contribution is -0.147. The molecule has 2 N–H and O–H groups in total. The van der Waals surface area contributed by atoms with E-state index in [1.165, 1.54) is 11.3 Å². The highest BCUT2D eigenvalue weighted by Gasteiger charge is 2.24. The van der Waals surface area contributed by atoms with Crippen LogP contribution < -0.4 is 10.9 Å². The molecule has 168 valence electrons. The van der Waals surface area contributed by atoms with E-state index in [-0.39, 0.29) is 30.3 Å². The molecule has 0 fully saturated rings. The van der Waals surface area contributed by atoms with Crippen LogP contribution in [0.4, 0.5) is 0 Å². The maximum atomic E-state index is 12.9. The highest BCUT2D eigenvalue weighted by Crippen LogP contribution is 2.25. The van der Waals surface area contributed by atoms with Crippen molar-refractivity contribution in [3.8, 4) is 0 Å². The van der Waals surface area contributed by atoms with E-state index in [1.54, 1.807) is 24.3 Å². The van der Waals surface area contributed by atoms with Crippen molar-refractivity contribution < 1.29 is 14.3 Å². The van der Waals surface area contributed by atoms with Gasteiger partial charge in [0.25, 0.3) is 11.5 Å². The number of aromatic nitrogens is 2. The van der Waals surface area contributed by atoms with Gasteiger partial charge in [-0.15, -0.1) is 11.3 Å². The third-order valence-electron chi connectivity index (χ3n) is 5.35. The summed E-state index contributed by atoms with van der Waals surface area (Å²) < 4.78 is 5.46. The van der Waals surface area contributed by atoms with E-state index in [4.69, 9.17) is 4.74 Å². The Morgan fingerprint density at radius 2 is 1.73 bits per heavy atom. The summed E-state index contributed by atoms with van der Waals surface area (Å²) in [5, 5.41) is 3.33. The average molecular weight is 462 g/mol. The molecule has 0 saturated carbocycles. The molecule has 0 radical (unpaired) electrons. The van der Waals surface area contributed by atoms with Gasteiger partial charge in [-0.2, -0.15) is 0 Å². The van der Waals surface area contributed by atoms with Gasteiger partial charge < -0.3 is 15.0 Å². The number of fused-ring (bicyclic) bond motifs is 1.